The molecular weight excluding hydrogens is 386 g/mol. The summed E-state index contributed by atoms with van der Waals surface area (Å²) in [6.45, 7) is 0.739. The number of sulfonamides is 1. The molecule has 1 aromatic heterocycles. The van der Waals surface area contributed by atoms with Gasteiger partial charge in [-0.2, -0.15) is 8.42 Å². The summed E-state index contributed by atoms with van der Waals surface area (Å²) in [6.07, 6.45) is 1.37. The molecule has 1 N–H and O–H groups in total. The predicted octanol–water partition coefficient (Wildman–Crippen LogP) is 2.38. The van der Waals surface area contributed by atoms with Crippen molar-refractivity contribution in [2.75, 3.05) is 18.4 Å². The number of piperidine rings is 1. The number of anilines is 1. The minimum atomic E-state index is -3.77. The highest BCUT2D eigenvalue weighted by Gasteiger charge is 2.34. The smallest absolute Gasteiger partial charge is 0.295 e. The Balaban J connectivity index is 1.55. The van der Waals surface area contributed by atoms with Crippen LogP contribution in [-0.2, 0) is 14.8 Å². The van der Waals surface area contributed by atoms with Crippen LogP contribution in [0.25, 0.3) is 0 Å². The Kier molecular flexibility index (Phi) is 4.56. The maximum Gasteiger partial charge on any atom is 0.295 e. The van der Waals surface area contributed by atoms with Crippen LogP contribution in [0.2, 0.25) is 0 Å². The molecule has 1 fully saturated rings. The molecule has 0 saturated carbocycles. The van der Waals surface area contributed by atoms with Crippen LogP contribution in [0.1, 0.15) is 22.5 Å². The van der Waals surface area contributed by atoms with Gasteiger partial charge in [-0.3, -0.25) is 9.59 Å². The van der Waals surface area contributed by atoms with E-state index in [9.17, 15) is 18.0 Å². The third kappa shape index (κ3) is 3.40. The number of carbonyl (C=O) groups excluding carboxylic acids is 2. The number of Topliss-reactive ketones (excluding diaryl/α,β-unsaturated/α-hetero) is 1. The SMILES string of the molecule is O=C(C(=O)N1CCC[C@H](C2=NS(=O)(=O)c3ccccc3N2)C1)c1cccs1. The summed E-state index contributed by atoms with van der Waals surface area (Å²) in [5.41, 5.74) is 0.487. The van der Waals surface area contributed by atoms with Crippen molar-refractivity contribution in [3.8, 4) is 0 Å². The van der Waals surface area contributed by atoms with Crippen molar-refractivity contribution < 1.29 is 18.0 Å². The number of hydrogen-bond acceptors (Lipinski definition) is 6. The van der Waals surface area contributed by atoms with Crippen LogP contribution in [0.4, 0.5) is 5.69 Å². The zero-order valence-corrected chi connectivity index (χ0v) is 15.9. The van der Waals surface area contributed by atoms with Crippen LogP contribution in [0.5, 0.6) is 0 Å². The first kappa shape index (κ1) is 17.9. The van der Waals surface area contributed by atoms with E-state index in [0.717, 1.165) is 0 Å². The fourth-order valence-electron chi connectivity index (χ4n) is 3.35. The molecule has 3 heterocycles. The summed E-state index contributed by atoms with van der Waals surface area (Å²) < 4.78 is 28.8. The summed E-state index contributed by atoms with van der Waals surface area (Å²) in [5, 5.41) is 4.84. The van der Waals surface area contributed by atoms with E-state index < -0.39 is 21.7 Å². The van der Waals surface area contributed by atoms with Gasteiger partial charge < -0.3 is 10.2 Å². The number of nitrogens with one attached hydrogen (secondary N) is 1. The average Bonchev–Trinajstić information content (AvgIpc) is 3.21. The summed E-state index contributed by atoms with van der Waals surface area (Å²) >= 11 is 1.23. The van der Waals surface area contributed by atoms with Gasteiger partial charge in [0, 0.05) is 19.0 Å². The van der Waals surface area contributed by atoms with E-state index in [2.05, 4.69) is 9.71 Å². The van der Waals surface area contributed by atoms with Crippen LogP contribution in [0.3, 0.4) is 0 Å². The molecule has 2 aromatic rings. The highest BCUT2D eigenvalue weighted by Crippen LogP contribution is 2.30. The zero-order chi connectivity index (χ0) is 19.0. The van der Waals surface area contributed by atoms with Gasteiger partial charge in [0.25, 0.3) is 21.7 Å². The molecule has 4 rings (SSSR count). The molecule has 0 spiro atoms. The molecular formula is C18H17N3O4S2. The van der Waals surface area contributed by atoms with Crippen molar-refractivity contribution >= 4 is 44.6 Å². The second kappa shape index (κ2) is 6.90. The Morgan fingerprint density at radius 1 is 1.19 bits per heavy atom. The van der Waals surface area contributed by atoms with Crippen LogP contribution < -0.4 is 5.32 Å². The van der Waals surface area contributed by atoms with Gasteiger partial charge in [-0.05, 0) is 36.4 Å². The standard InChI is InChI=1S/C18H17N3O4S2/c22-16(14-7-4-10-26-14)18(23)21-9-3-5-12(11-21)17-19-13-6-1-2-8-15(13)27(24,25)20-17/h1-2,4,6-8,10,12H,3,5,9,11H2,(H,19,20)/t12-/m0/s1. The normalized spacial score (nSPS) is 21.0. The van der Waals surface area contributed by atoms with Crippen molar-refractivity contribution in [1.82, 2.24) is 4.90 Å². The number of amides is 1. The molecule has 2 aliphatic heterocycles. The van der Waals surface area contributed by atoms with Gasteiger partial charge in [-0.25, -0.2) is 0 Å². The van der Waals surface area contributed by atoms with E-state index in [0.29, 0.717) is 35.8 Å². The number of thiophene rings is 1. The molecule has 2 aliphatic rings. The average molecular weight is 403 g/mol. The Hall–Kier alpha value is -2.52. The van der Waals surface area contributed by atoms with Gasteiger partial charge in [0.2, 0.25) is 0 Å². The number of fused-ring (bicyclic) bond motifs is 1. The molecule has 0 unspecified atom stereocenters. The second-order valence-corrected chi connectivity index (χ2v) is 8.99. The summed E-state index contributed by atoms with van der Waals surface area (Å²) in [6, 6.07) is 9.95. The molecule has 9 heteroatoms. The lowest BCUT2D eigenvalue weighted by Gasteiger charge is -2.34. The third-order valence-electron chi connectivity index (χ3n) is 4.68. The molecule has 0 radical (unpaired) electrons. The van der Waals surface area contributed by atoms with Crippen molar-refractivity contribution in [3.63, 3.8) is 0 Å². The highest BCUT2D eigenvalue weighted by molar-refractivity contribution is 7.90. The number of carbonyl (C=O) groups is 2. The predicted molar refractivity (Wildman–Crippen MR) is 103 cm³/mol. The van der Waals surface area contributed by atoms with Gasteiger partial charge in [0.15, 0.2) is 0 Å². The topological polar surface area (TPSA) is 95.9 Å². The van der Waals surface area contributed by atoms with E-state index in [-0.39, 0.29) is 17.4 Å². The van der Waals surface area contributed by atoms with Crippen molar-refractivity contribution in [3.05, 3.63) is 46.7 Å². The number of amidine groups is 1. The minimum absolute atomic E-state index is 0.144. The Bertz CT molecular complexity index is 1030. The van der Waals surface area contributed by atoms with E-state index in [4.69, 9.17) is 0 Å². The fourth-order valence-corrected chi connectivity index (χ4v) is 5.21. The number of para-hydroxylation sites is 1. The van der Waals surface area contributed by atoms with Crippen LogP contribution >= 0.6 is 11.3 Å². The van der Waals surface area contributed by atoms with Crippen LogP contribution in [0, 0.1) is 5.92 Å². The number of rotatable bonds is 3. The number of likely N-dealkylation sites (tertiary alicyclic amines) is 1. The quantitative estimate of drug-likeness (QED) is 0.627. The Morgan fingerprint density at radius 2 is 2.00 bits per heavy atom. The first-order chi connectivity index (χ1) is 13.0. The lowest BCUT2D eigenvalue weighted by molar-refractivity contribution is -0.127. The van der Waals surface area contributed by atoms with Crippen LogP contribution in [0.15, 0.2) is 51.1 Å². The molecule has 1 aromatic carbocycles. The zero-order valence-electron chi connectivity index (χ0n) is 14.3. The summed E-state index contributed by atoms with van der Waals surface area (Å²) in [7, 11) is -3.77. The number of nitrogens with zero attached hydrogens (tertiary/aromatic N) is 2. The van der Waals surface area contributed by atoms with Crippen LogP contribution in [-0.4, -0.2) is 43.9 Å². The Labute approximate surface area is 160 Å². The molecule has 1 saturated heterocycles. The first-order valence-corrected chi connectivity index (χ1v) is 10.9. The third-order valence-corrected chi connectivity index (χ3v) is 6.90. The Morgan fingerprint density at radius 3 is 2.78 bits per heavy atom. The van der Waals surface area contributed by atoms with Gasteiger partial charge in [0.05, 0.1) is 10.6 Å². The van der Waals surface area contributed by atoms with Crippen molar-refractivity contribution in [2.45, 2.75) is 17.7 Å². The van der Waals surface area contributed by atoms with E-state index in [1.165, 1.54) is 22.3 Å². The molecule has 27 heavy (non-hydrogen) atoms. The second-order valence-electron chi connectivity index (χ2n) is 6.47. The van der Waals surface area contributed by atoms with Gasteiger partial charge in [-0.1, -0.05) is 18.2 Å². The lowest BCUT2D eigenvalue weighted by Crippen LogP contribution is -2.46. The largest absolute Gasteiger partial charge is 0.342 e. The van der Waals surface area contributed by atoms with Gasteiger partial charge in [0.1, 0.15) is 10.7 Å². The number of ketones is 1. The van der Waals surface area contributed by atoms with E-state index in [1.807, 2.05) is 0 Å². The van der Waals surface area contributed by atoms with E-state index in [1.54, 1.807) is 35.7 Å². The van der Waals surface area contributed by atoms with E-state index >= 15 is 0 Å². The molecule has 7 nitrogen and oxygen atoms in total. The monoisotopic (exact) mass is 403 g/mol. The maximum absolute atomic E-state index is 12.6. The maximum atomic E-state index is 12.6. The lowest BCUT2D eigenvalue weighted by atomic mass is 9.96. The summed E-state index contributed by atoms with van der Waals surface area (Å²) in [4.78, 5) is 26.9. The highest BCUT2D eigenvalue weighted by atomic mass is 32.2. The number of benzene rings is 1. The van der Waals surface area contributed by atoms with Crippen molar-refractivity contribution in [1.29, 1.82) is 0 Å². The summed E-state index contributed by atoms with van der Waals surface area (Å²) in [5.74, 6) is -1.01. The van der Waals surface area contributed by atoms with Gasteiger partial charge in [-0.15, -0.1) is 15.7 Å². The first-order valence-electron chi connectivity index (χ1n) is 8.54. The molecule has 1 amide bonds. The van der Waals surface area contributed by atoms with Crippen molar-refractivity contribution in [2.24, 2.45) is 10.3 Å². The minimum Gasteiger partial charge on any atom is -0.342 e. The fraction of sp³-hybridized carbons (Fsp3) is 0.278. The molecule has 140 valence electrons. The molecule has 0 bridgehead atoms. The van der Waals surface area contributed by atoms with Gasteiger partial charge >= 0.3 is 0 Å². The number of hydrogen-bond donors (Lipinski definition) is 1. The molecule has 1 atom stereocenters. The molecule has 0 aliphatic carbocycles.